The SMILES string of the molecule is CCCCCCCCCCC(=O)OC1(C(=O)O)C=CC(c2ccccc2)C=C1. The molecule has 1 aliphatic rings. The zero-order valence-electron chi connectivity index (χ0n) is 16.8. The molecule has 0 amide bonds. The Labute approximate surface area is 168 Å². The summed E-state index contributed by atoms with van der Waals surface area (Å²) in [5.41, 5.74) is -0.623. The van der Waals surface area contributed by atoms with Crippen molar-refractivity contribution in [3.63, 3.8) is 0 Å². The van der Waals surface area contributed by atoms with Crippen LogP contribution >= 0.6 is 0 Å². The second-order valence-electron chi connectivity index (χ2n) is 7.45. The third-order valence-corrected chi connectivity index (χ3v) is 5.14. The number of rotatable bonds is 12. The number of carboxylic acid groups (broad SMARTS) is 1. The average Bonchev–Trinajstić information content (AvgIpc) is 2.71. The largest absolute Gasteiger partial charge is 0.478 e. The van der Waals surface area contributed by atoms with Gasteiger partial charge in [-0.3, -0.25) is 4.79 Å². The molecule has 0 unspecified atom stereocenters. The number of unbranched alkanes of at least 4 members (excludes halogenated alkanes) is 7. The summed E-state index contributed by atoms with van der Waals surface area (Å²) < 4.78 is 5.37. The summed E-state index contributed by atoms with van der Waals surface area (Å²) in [6.45, 7) is 2.20. The molecule has 1 aromatic carbocycles. The van der Waals surface area contributed by atoms with E-state index in [0.29, 0.717) is 0 Å². The number of hydrogen-bond acceptors (Lipinski definition) is 3. The monoisotopic (exact) mass is 384 g/mol. The number of carbonyl (C=O) groups excluding carboxylic acids is 1. The predicted molar refractivity (Wildman–Crippen MR) is 111 cm³/mol. The maximum Gasteiger partial charge on any atom is 0.356 e. The summed E-state index contributed by atoms with van der Waals surface area (Å²) in [6.07, 6.45) is 15.9. The molecule has 28 heavy (non-hydrogen) atoms. The predicted octanol–water partition coefficient (Wildman–Crippen LogP) is 5.79. The van der Waals surface area contributed by atoms with E-state index in [1.807, 2.05) is 30.3 Å². The molecule has 4 nitrogen and oxygen atoms in total. The molecule has 4 heteroatoms. The van der Waals surface area contributed by atoms with Crippen LogP contribution in [0.4, 0.5) is 0 Å². The molecule has 1 aromatic rings. The fraction of sp³-hybridized carbons (Fsp3) is 0.500. The van der Waals surface area contributed by atoms with Gasteiger partial charge in [-0.25, -0.2) is 4.79 Å². The normalized spacial score (nSPS) is 20.8. The molecule has 0 aromatic heterocycles. The first-order valence-corrected chi connectivity index (χ1v) is 10.5. The first kappa shape index (κ1) is 21.9. The highest BCUT2D eigenvalue weighted by Gasteiger charge is 2.39. The fourth-order valence-electron chi connectivity index (χ4n) is 3.41. The molecule has 0 saturated carbocycles. The van der Waals surface area contributed by atoms with Crippen LogP contribution in [0.1, 0.15) is 76.2 Å². The standard InChI is InChI=1S/C24H32O4/c1-2-3-4-5-6-7-8-12-15-22(25)28-24(23(26)27)18-16-21(17-19-24)20-13-10-9-11-14-20/h9-11,13-14,16-19,21H,2-8,12,15H2,1H3,(H,26,27). The molecule has 0 saturated heterocycles. The molecule has 0 radical (unpaired) electrons. The van der Waals surface area contributed by atoms with Crippen molar-refractivity contribution in [2.75, 3.05) is 0 Å². The van der Waals surface area contributed by atoms with Crippen molar-refractivity contribution in [1.29, 1.82) is 0 Å². The highest BCUT2D eigenvalue weighted by molar-refractivity contribution is 5.87. The number of allylic oxidation sites excluding steroid dienone is 2. The molecular formula is C24H32O4. The summed E-state index contributed by atoms with van der Waals surface area (Å²) in [5, 5.41) is 9.63. The number of carbonyl (C=O) groups is 2. The molecule has 152 valence electrons. The Morgan fingerprint density at radius 2 is 1.50 bits per heavy atom. The van der Waals surface area contributed by atoms with Crippen molar-refractivity contribution in [3.8, 4) is 0 Å². The van der Waals surface area contributed by atoms with E-state index in [1.54, 1.807) is 12.2 Å². The van der Waals surface area contributed by atoms with Crippen molar-refractivity contribution >= 4 is 11.9 Å². The van der Waals surface area contributed by atoms with Gasteiger partial charge in [-0.2, -0.15) is 0 Å². The van der Waals surface area contributed by atoms with Gasteiger partial charge in [-0.05, 0) is 24.1 Å². The van der Waals surface area contributed by atoms with Crippen LogP contribution < -0.4 is 0 Å². The molecule has 0 aliphatic heterocycles. The lowest BCUT2D eigenvalue weighted by molar-refractivity contribution is -0.168. The van der Waals surface area contributed by atoms with Crippen LogP contribution in [-0.2, 0) is 14.3 Å². The van der Waals surface area contributed by atoms with Crippen molar-refractivity contribution in [3.05, 3.63) is 60.2 Å². The van der Waals surface area contributed by atoms with Crippen LogP contribution in [0.15, 0.2) is 54.6 Å². The van der Waals surface area contributed by atoms with Gasteiger partial charge in [0, 0.05) is 12.3 Å². The number of ether oxygens (including phenoxy) is 1. The Morgan fingerprint density at radius 3 is 2.07 bits per heavy atom. The molecule has 0 spiro atoms. The van der Waals surface area contributed by atoms with Gasteiger partial charge >= 0.3 is 11.9 Å². The van der Waals surface area contributed by atoms with Gasteiger partial charge in [-0.15, -0.1) is 0 Å². The number of benzene rings is 1. The third-order valence-electron chi connectivity index (χ3n) is 5.14. The van der Waals surface area contributed by atoms with Crippen molar-refractivity contribution < 1.29 is 19.4 Å². The zero-order valence-corrected chi connectivity index (χ0v) is 16.8. The van der Waals surface area contributed by atoms with Crippen LogP contribution in [0.3, 0.4) is 0 Å². The van der Waals surface area contributed by atoms with Gasteiger partial charge in [0.15, 0.2) is 0 Å². The zero-order chi connectivity index (χ0) is 20.2. The van der Waals surface area contributed by atoms with Crippen molar-refractivity contribution in [1.82, 2.24) is 0 Å². The van der Waals surface area contributed by atoms with Crippen molar-refractivity contribution in [2.24, 2.45) is 0 Å². The first-order valence-electron chi connectivity index (χ1n) is 10.5. The van der Waals surface area contributed by atoms with E-state index in [1.165, 1.54) is 44.3 Å². The van der Waals surface area contributed by atoms with Crippen LogP contribution in [0.2, 0.25) is 0 Å². The minimum Gasteiger partial charge on any atom is -0.478 e. The van der Waals surface area contributed by atoms with E-state index in [-0.39, 0.29) is 12.3 Å². The minimum absolute atomic E-state index is 0.0138. The highest BCUT2D eigenvalue weighted by atomic mass is 16.6. The number of carboxylic acids is 1. The summed E-state index contributed by atoms with van der Waals surface area (Å²) in [5.74, 6) is -1.64. The van der Waals surface area contributed by atoms with Gasteiger partial charge in [0.1, 0.15) is 0 Å². The van der Waals surface area contributed by atoms with Crippen LogP contribution in [0.25, 0.3) is 0 Å². The lowest BCUT2D eigenvalue weighted by atomic mass is 9.88. The summed E-state index contributed by atoms with van der Waals surface area (Å²) >= 11 is 0. The molecule has 0 fully saturated rings. The molecular weight excluding hydrogens is 352 g/mol. The van der Waals surface area contributed by atoms with E-state index < -0.39 is 17.5 Å². The Morgan fingerprint density at radius 1 is 0.929 bits per heavy atom. The molecule has 1 aliphatic carbocycles. The van der Waals surface area contributed by atoms with Crippen LogP contribution in [0, 0.1) is 0 Å². The Balaban J connectivity index is 1.79. The number of hydrogen-bond donors (Lipinski definition) is 1. The van der Waals surface area contributed by atoms with E-state index in [9.17, 15) is 14.7 Å². The maximum atomic E-state index is 12.2. The Bertz CT molecular complexity index is 661. The first-order chi connectivity index (χ1) is 13.6. The van der Waals surface area contributed by atoms with Gasteiger partial charge in [0.25, 0.3) is 0 Å². The van der Waals surface area contributed by atoms with Gasteiger partial charge in [0.05, 0.1) is 0 Å². The quantitative estimate of drug-likeness (QED) is 0.281. The second kappa shape index (κ2) is 11.5. The third kappa shape index (κ3) is 6.66. The number of esters is 1. The van der Waals surface area contributed by atoms with Crippen LogP contribution in [0.5, 0.6) is 0 Å². The smallest absolute Gasteiger partial charge is 0.356 e. The molecule has 0 bridgehead atoms. The van der Waals surface area contributed by atoms with Gasteiger partial charge in [-0.1, -0.05) is 94.4 Å². The average molecular weight is 385 g/mol. The Kier molecular flexibility index (Phi) is 8.99. The van der Waals surface area contributed by atoms with Crippen LogP contribution in [-0.4, -0.2) is 22.6 Å². The summed E-state index contributed by atoms with van der Waals surface area (Å²) in [7, 11) is 0. The maximum absolute atomic E-state index is 12.2. The highest BCUT2D eigenvalue weighted by Crippen LogP contribution is 2.29. The minimum atomic E-state index is -1.69. The topological polar surface area (TPSA) is 63.6 Å². The number of aliphatic carboxylic acids is 1. The van der Waals surface area contributed by atoms with Gasteiger partial charge in [0.2, 0.25) is 5.60 Å². The van der Waals surface area contributed by atoms with E-state index in [4.69, 9.17) is 4.74 Å². The Hall–Kier alpha value is -2.36. The van der Waals surface area contributed by atoms with Crippen molar-refractivity contribution in [2.45, 2.75) is 76.2 Å². The second-order valence-corrected chi connectivity index (χ2v) is 7.45. The van der Waals surface area contributed by atoms with E-state index >= 15 is 0 Å². The molecule has 0 heterocycles. The summed E-state index contributed by atoms with van der Waals surface area (Å²) in [6, 6.07) is 9.80. The van der Waals surface area contributed by atoms with Gasteiger partial charge < -0.3 is 9.84 Å². The summed E-state index contributed by atoms with van der Waals surface area (Å²) in [4.78, 5) is 24.0. The molecule has 2 rings (SSSR count). The van der Waals surface area contributed by atoms with E-state index in [0.717, 1.165) is 24.8 Å². The lowest BCUT2D eigenvalue weighted by Crippen LogP contribution is -2.40. The molecule has 1 N–H and O–H groups in total. The fourth-order valence-corrected chi connectivity index (χ4v) is 3.41. The lowest BCUT2D eigenvalue weighted by Gasteiger charge is -2.27. The molecule has 0 atom stereocenters. The van der Waals surface area contributed by atoms with E-state index in [2.05, 4.69) is 6.92 Å².